The molecule has 0 atom stereocenters. The maximum atomic E-state index is 13.0. The van der Waals surface area contributed by atoms with Crippen LogP contribution in [0.4, 0.5) is 0 Å². The average Bonchev–Trinajstić information content (AvgIpc) is 2.51. The van der Waals surface area contributed by atoms with Crippen LogP contribution in [-0.2, 0) is 4.79 Å². The Kier molecular flexibility index (Phi) is 14.0. The summed E-state index contributed by atoms with van der Waals surface area (Å²) in [5, 5.41) is 0. The van der Waals surface area contributed by atoms with Gasteiger partial charge < -0.3 is 0 Å². The molecule has 0 unspecified atom stereocenters. The zero-order valence-electron chi connectivity index (χ0n) is 15.0. The van der Waals surface area contributed by atoms with Crippen LogP contribution in [0.1, 0.15) is 85.5 Å². The van der Waals surface area contributed by atoms with Crippen molar-refractivity contribution in [1.82, 2.24) is 0 Å². The second kappa shape index (κ2) is 13.8. The predicted octanol–water partition coefficient (Wildman–Crippen LogP) is 6.69. The maximum absolute atomic E-state index is 13.0. The SMILES string of the molecule is CCCC/C=C/[C](=O)[Sn]([CH2]CCC)([CH2]CCC)[CH2]CCC. The van der Waals surface area contributed by atoms with Crippen LogP contribution in [-0.4, -0.2) is 22.2 Å². The molecule has 1 nitrogen and oxygen atoms in total. The molecule has 0 saturated carbocycles. The number of allylic oxidation sites excluding steroid dienone is 2. The molecule has 0 N–H and O–H groups in total. The van der Waals surface area contributed by atoms with E-state index in [2.05, 4.69) is 33.8 Å². The Bertz CT molecular complexity index is 262. The fraction of sp³-hybridized carbons (Fsp3) is 0.842. The first-order valence-electron chi connectivity index (χ1n) is 9.37. The van der Waals surface area contributed by atoms with Crippen LogP contribution in [0.15, 0.2) is 12.2 Å². The number of hydrogen-bond acceptors (Lipinski definition) is 1. The van der Waals surface area contributed by atoms with Crippen molar-refractivity contribution in [1.29, 1.82) is 0 Å². The number of rotatable bonds is 14. The molecule has 2 heteroatoms. The third kappa shape index (κ3) is 9.05. The van der Waals surface area contributed by atoms with Crippen LogP contribution in [0.3, 0.4) is 0 Å². The van der Waals surface area contributed by atoms with Gasteiger partial charge in [0.25, 0.3) is 0 Å². The van der Waals surface area contributed by atoms with Gasteiger partial charge in [0, 0.05) is 0 Å². The third-order valence-corrected chi connectivity index (χ3v) is 19.2. The summed E-state index contributed by atoms with van der Waals surface area (Å²) in [7, 11) is 0. The molecule has 0 aromatic heterocycles. The van der Waals surface area contributed by atoms with E-state index in [9.17, 15) is 4.79 Å². The molecule has 0 radical (unpaired) electrons. The fourth-order valence-corrected chi connectivity index (χ4v) is 17.4. The topological polar surface area (TPSA) is 17.1 Å². The summed E-state index contributed by atoms with van der Waals surface area (Å²) in [5.74, 6) is 0. The Labute approximate surface area is 137 Å². The van der Waals surface area contributed by atoms with Crippen LogP contribution >= 0.6 is 0 Å². The van der Waals surface area contributed by atoms with Crippen molar-refractivity contribution in [2.24, 2.45) is 0 Å². The van der Waals surface area contributed by atoms with E-state index >= 15 is 0 Å². The van der Waals surface area contributed by atoms with Crippen molar-refractivity contribution < 1.29 is 4.79 Å². The molecule has 0 aliphatic carbocycles. The molecule has 0 amide bonds. The van der Waals surface area contributed by atoms with Crippen molar-refractivity contribution in [2.75, 3.05) is 0 Å². The fourth-order valence-electron chi connectivity index (χ4n) is 2.98. The van der Waals surface area contributed by atoms with Crippen LogP contribution in [0.2, 0.25) is 13.3 Å². The summed E-state index contributed by atoms with van der Waals surface area (Å²) in [6.07, 6.45) is 15.2. The molecule has 0 heterocycles. The third-order valence-electron chi connectivity index (χ3n) is 4.54. The van der Waals surface area contributed by atoms with Gasteiger partial charge in [-0.05, 0) is 0 Å². The van der Waals surface area contributed by atoms with Crippen LogP contribution in [0.5, 0.6) is 0 Å². The van der Waals surface area contributed by atoms with Gasteiger partial charge in [0.15, 0.2) is 0 Å². The van der Waals surface area contributed by atoms with Gasteiger partial charge in [-0.1, -0.05) is 0 Å². The van der Waals surface area contributed by atoms with E-state index in [1.807, 2.05) is 6.08 Å². The molecule has 0 aromatic carbocycles. The van der Waals surface area contributed by atoms with Crippen LogP contribution in [0.25, 0.3) is 0 Å². The Balaban J connectivity index is 4.90. The second-order valence-electron chi connectivity index (χ2n) is 6.50. The van der Waals surface area contributed by atoms with E-state index < -0.39 is 18.4 Å². The molecule has 0 aliphatic heterocycles. The quantitative estimate of drug-likeness (QED) is 0.180. The molecule has 0 fully saturated rings. The van der Waals surface area contributed by atoms with Crippen molar-refractivity contribution in [3.8, 4) is 0 Å². The zero-order chi connectivity index (χ0) is 16.0. The van der Waals surface area contributed by atoms with Gasteiger partial charge in [0.1, 0.15) is 0 Å². The zero-order valence-corrected chi connectivity index (χ0v) is 17.9. The van der Waals surface area contributed by atoms with E-state index in [0.717, 1.165) is 6.42 Å². The summed E-state index contributed by atoms with van der Waals surface area (Å²) >= 11 is -2.61. The van der Waals surface area contributed by atoms with E-state index in [4.69, 9.17) is 0 Å². The van der Waals surface area contributed by atoms with Gasteiger partial charge >= 0.3 is 138 Å². The van der Waals surface area contributed by atoms with E-state index in [0.29, 0.717) is 3.80 Å². The van der Waals surface area contributed by atoms with Gasteiger partial charge in [-0.15, -0.1) is 0 Å². The second-order valence-corrected chi connectivity index (χ2v) is 19.5. The molecule has 0 bridgehead atoms. The number of carbonyl (C=O) groups is 1. The minimum atomic E-state index is -2.61. The van der Waals surface area contributed by atoms with Crippen LogP contribution < -0.4 is 0 Å². The van der Waals surface area contributed by atoms with Gasteiger partial charge in [-0.25, -0.2) is 0 Å². The number of hydrogen-bond donors (Lipinski definition) is 0. The summed E-state index contributed by atoms with van der Waals surface area (Å²) in [4.78, 5) is 13.0. The Morgan fingerprint density at radius 2 is 1.19 bits per heavy atom. The summed E-state index contributed by atoms with van der Waals surface area (Å²) in [6, 6.07) is 0. The standard InChI is InChI=1S/C7H11O.3C4H9.Sn/c1-2-3-4-5-6-7-8;3*1-3-4-2;/h5-6H,2-4H2,1H3;3*1,3-4H2,2H3;/b6-5+;;;;. The van der Waals surface area contributed by atoms with Gasteiger partial charge in [0.05, 0.1) is 0 Å². The van der Waals surface area contributed by atoms with Crippen LogP contribution in [0, 0.1) is 0 Å². The molecule has 0 rings (SSSR count). The molecule has 124 valence electrons. The van der Waals surface area contributed by atoms with Crippen molar-refractivity contribution >= 4 is 22.2 Å². The summed E-state index contributed by atoms with van der Waals surface area (Å²) in [6.45, 7) is 9.00. The first-order valence-corrected chi connectivity index (χ1v) is 16.9. The van der Waals surface area contributed by atoms with E-state index in [-0.39, 0.29) is 0 Å². The van der Waals surface area contributed by atoms with Gasteiger partial charge in [0.2, 0.25) is 0 Å². The van der Waals surface area contributed by atoms with E-state index in [1.54, 1.807) is 0 Å². The first-order chi connectivity index (χ1) is 10.2. The average molecular weight is 401 g/mol. The molecule has 21 heavy (non-hydrogen) atoms. The summed E-state index contributed by atoms with van der Waals surface area (Å²) in [5.41, 5.74) is 0. The Hall–Kier alpha value is 0.209. The molecular weight excluding hydrogens is 363 g/mol. The number of carbonyl (C=O) groups excluding carboxylic acids is 1. The van der Waals surface area contributed by atoms with Gasteiger partial charge in [-0.2, -0.15) is 0 Å². The molecule has 0 spiro atoms. The molecule has 0 aromatic rings. The normalized spacial score (nSPS) is 12.2. The van der Waals surface area contributed by atoms with Crippen molar-refractivity contribution in [2.45, 2.75) is 98.8 Å². The monoisotopic (exact) mass is 402 g/mol. The predicted molar refractivity (Wildman–Crippen MR) is 98.6 cm³/mol. The number of unbranched alkanes of at least 4 members (excludes halogenated alkanes) is 5. The van der Waals surface area contributed by atoms with Crippen molar-refractivity contribution in [3.63, 3.8) is 0 Å². The Morgan fingerprint density at radius 1 is 0.762 bits per heavy atom. The van der Waals surface area contributed by atoms with E-state index in [1.165, 1.54) is 64.7 Å². The Morgan fingerprint density at radius 3 is 1.57 bits per heavy atom. The van der Waals surface area contributed by atoms with Crippen molar-refractivity contribution in [3.05, 3.63) is 12.2 Å². The minimum absolute atomic E-state index is 0.621. The van der Waals surface area contributed by atoms with Gasteiger partial charge in [-0.3, -0.25) is 0 Å². The first kappa shape index (κ1) is 21.2. The molecular formula is C19H38OSn. The molecule has 0 aliphatic rings. The summed E-state index contributed by atoms with van der Waals surface area (Å²) < 4.78 is 4.50. The molecule has 0 saturated heterocycles.